The number of hydrogen-bond donors (Lipinski definition) is 0. The summed E-state index contributed by atoms with van der Waals surface area (Å²) in [5.41, 5.74) is 2.89. The SMILES string of the molecule is Cc1nn(-c2ccccc2)c(Cl)c1CSc1nnc(-c2cccs2)n1CC1CCCO1. The number of aryl methyl sites for hydroxylation is 1. The maximum absolute atomic E-state index is 6.72. The lowest BCUT2D eigenvalue weighted by atomic mass is 10.2. The molecule has 0 bridgehead atoms. The summed E-state index contributed by atoms with van der Waals surface area (Å²) in [6.45, 7) is 3.59. The Kier molecular flexibility index (Phi) is 6.13. The van der Waals surface area contributed by atoms with Gasteiger partial charge in [-0.15, -0.1) is 21.5 Å². The highest BCUT2D eigenvalue weighted by Gasteiger charge is 2.23. The van der Waals surface area contributed by atoms with E-state index in [1.165, 1.54) is 0 Å². The van der Waals surface area contributed by atoms with E-state index in [1.54, 1.807) is 27.8 Å². The van der Waals surface area contributed by atoms with Gasteiger partial charge in [0.15, 0.2) is 11.0 Å². The number of hydrogen-bond acceptors (Lipinski definition) is 6. The highest BCUT2D eigenvalue weighted by Crippen LogP contribution is 2.33. The Hall–Kier alpha value is -2.13. The molecule has 1 saturated heterocycles. The van der Waals surface area contributed by atoms with Gasteiger partial charge in [0, 0.05) is 17.9 Å². The first-order valence-electron chi connectivity index (χ1n) is 10.2. The van der Waals surface area contributed by atoms with Crippen LogP contribution in [-0.2, 0) is 17.0 Å². The quantitative estimate of drug-likeness (QED) is 0.327. The van der Waals surface area contributed by atoms with Crippen LogP contribution in [0.25, 0.3) is 16.4 Å². The van der Waals surface area contributed by atoms with E-state index in [4.69, 9.17) is 16.3 Å². The van der Waals surface area contributed by atoms with E-state index in [1.807, 2.05) is 43.3 Å². The van der Waals surface area contributed by atoms with Crippen LogP contribution in [0.2, 0.25) is 5.15 Å². The fourth-order valence-corrected chi connectivity index (χ4v) is 5.88. The molecule has 6 nitrogen and oxygen atoms in total. The molecule has 0 N–H and O–H groups in total. The predicted octanol–water partition coefficient (Wildman–Crippen LogP) is 5.63. The Labute approximate surface area is 194 Å². The third kappa shape index (κ3) is 4.30. The summed E-state index contributed by atoms with van der Waals surface area (Å²) >= 11 is 10.0. The summed E-state index contributed by atoms with van der Waals surface area (Å²) in [5, 5.41) is 17.2. The van der Waals surface area contributed by atoms with Gasteiger partial charge in [-0.2, -0.15) is 5.10 Å². The zero-order valence-corrected chi connectivity index (χ0v) is 19.5. The second-order valence-corrected chi connectivity index (χ2v) is 9.67. The average molecular weight is 472 g/mol. The van der Waals surface area contributed by atoms with E-state index in [-0.39, 0.29) is 6.10 Å². The predicted molar refractivity (Wildman–Crippen MR) is 125 cm³/mol. The molecule has 160 valence electrons. The molecule has 0 spiro atoms. The Morgan fingerprint density at radius 1 is 1.19 bits per heavy atom. The van der Waals surface area contributed by atoms with Gasteiger partial charge in [0.2, 0.25) is 0 Å². The molecule has 1 aliphatic heterocycles. The molecule has 1 unspecified atom stereocenters. The van der Waals surface area contributed by atoms with Gasteiger partial charge in [0.25, 0.3) is 0 Å². The second kappa shape index (κ2) is 9.16. The fourth-order valence-electron chi connectivity index (χ4n) is 3.71. The second-order valence-electron chi connectivity index (χ2n) is 7.42. The standard InChI is InChI=1S/C22H22ClN5OS2/c1-15-18(20(23)28(26-15)16-7-3-2-4-8-16)14-31-22-25-24-21(19-10-6-12-30-19)27(22)13-17-9-5-11-29-17/h2-4,6-8,10,12,17H,5,9,11,13-14H2,1H3. The number of benzene rings is 1. The molecule has 0 amide bonds. The molecule has 4 aromatic rings. The summed E-state index contributed by atoms with van der Waals surface area (Å²) < 4.78 is 9.87. The average Bonchev–Trinajstić information content (AvgIpc) is 3.58. The Bertz CT molecular complexity index is 1150. The molecule has 31 heavy (non-hydrogen) atoms. The van der Waals surface area contributed by atoms with Crippen molar-refractivity contribution in [3.05, 3.63) is 64.3 Å². The van der Waals surface area contributed by atoms with Crippen molar-refractivity contribution in [2.24, 2.45) is 0 Å². The molecular formula is C22H22ClN5OS2. The molecular weight excluding hydrogens is 450 g/mol. The van der Waals surface area contributed by atoms with Gasteiger partial charge in [0.1, 0.15) is 5.15 Å². The summed E-state index contributed by atoms with van der Waals surface area (Å²) in [7, 11) is 0. The normalized spacial score (nSPS) is 16.3. The summed E-state index contributed by atoms with van der Waals surface area (Å²) in [6.07, 6.45) is 2.39. The first-order valence-corrected chi connectivity index (χ1v) is 12.5. The first kappa shape index (κ1) is 20.8. The number of para-hydroxylation sites is 1. The minimum atomic E-state index is 0.209. The van der Waals surface area contributed by atoms with E-state index in [9.17, 15) is 0 Å². The monoisotopic (exact) mass is 471 g/mol. The molecule has 9 heteroatoms. The zero-order chi connectivity index (χ0) is 21.2. The molecule has 1 aromatic carbocycles. The van der Waals surface area contributed by atoms with Gasteiger partial charge in [-0.1, -0.05) is 47.6 Å². The van der Waals surface area contributed by atoms with Crippen molar-refractivity contribution < 1.29 is 4.74 Å². The van der Waals surface area contributed by atoms with Gasteiger partial charge < -0.3 is 4.74 Å². The number of aromatic nitrogens is 5. The van der Waals surface area contributed by atoms with E-state index in [0.29, 0.717) is 10.9 Å². The van der Waals surface area contributed by atoms with Gasteiger partial charge in [-0.3, -0.25) is 4.57 Å². The zero-order valence-electron chi connectivity index (χ0n) is 17.1. The number of rotatable bonds is 7. The lowest BCUT2D eigenvalue weighted by Gasteiger charge is -2.14. The van der Waals surface area contributed by atoms with Crippen LogP contribution in [0.4, 0.5) is 0 Å². The smallest absolute Gasteiger partial charge is 0.191 e. The number of ether oxygens (including phenoxy) is 1. The Morgan fingerprint density at radius 2 is 2.06 bits per heavy atom. The third-order valence-electron chi connectivity index (χ3n) is 5.34. The van der Waals surface area contributed by atoms with Gasteiger partial charge in [-0.05, 0) is 43.3 Å². The van der Waals surface area contributed by atoms with Gasteiger partial charge in [-0.25, -0.2) is 4.68 Å². The number of halogens is 1. The van der Waals surface area contributed by atoms with Crippen molar-refractivity contribution in [1.29, 1.82) is 0 Å². The van der Waals surface area contributed by atoms with Crippen LogP contribution in [0, 0.1) is 6.92 Å². The van der Waals surface area contributed by atoms with Crippen LogP contribution in [-0.4, -0.2) is 37.3 Å². The van der Waals surface area contributed by atoms with Crippen molar-refractivity contribution in [2.75, 3.05) is 6.61 Å². The summed E-state index contributed by atoms with van der Waals surface area (Å²) in [6, 6.07) is 14.1. The lowest BCUT2D eigenvalue weighted by molar-refractivity contribution is 0.0953. The molecule has 4 heterocycles. The van der Waals surface area contributed by atoms with Crippen molar-refractivity contribution in [1.82, 2.24) is 24.5 Å². The van der Waals surface area contributed by atoms with Crippen LogP contribution in [0.1, 0.15) is 24.1 Å². The van der Waals surface area contributed by atoms with E-state index < -0.39 is 0 Å². The molecule has 1 atom stereocenters. The summed E-state index contributed by atoms with van der Waals surface area (Å²) in [4.78, 5) is 1.11. The Morgan fingerprint density at radius 3 is 2.81 bits per heavy atom. The van der Waals surface area contributed by atoms with Crippen LogP contribution < -0.4 is 0 Å². The van der Waals surface area contributed by atoms with Crippen LogP contribution >= 0.6 is 34.7 Å². The molecule has 1 fully saturated rings. The van der Waals surface area contributed by atoms with Gasteiger partial charge in [0.05, 0.1) is 28.9 Å². The van der Waals surface area contributed by atoms with Crippen LogP contribution in [0.3, 0.4) is 0 Å². The molecule has 3 aromatic heterocycles. The molecule has 5 rings (SSSR count). The maximum Gasteiger partial charge on any atom is 0.191 e. The minimum absolute atomic E-state index is 0.209. The van der Waals surface area contributed by atoms with Gasteiger partial charge >= 0.3 is 0 Å². The van der Waals surface area contributed by atoms with Crippen molar-refractivity contribution in [3.8, 4) is 16.4 Å². The first-order chi connectivity index (χ1) is 15.2. The lowest BCUT2D eigenvalue weighted by Crippen LogP contribution is -2.16. The van der Waals surface area contributed by atoms with E-state index in [0.717, 1.165) is 58.8 Å². The largest absolute Gasteiger partial charge is 0.376 e. The van der Waals surface area contributed by atoms with Crippen molar-refractivity contribution >= 4 is 34.7 Å². The third-order valence-corrected chi connectivity index (χ3v) is 7.58. The van der Waals surface area contributed by atoms with E-state index >= 15 is 0 Å². The fraction of sp³-hybridized carbons (Fsp3) is 0.318. The number of thioether (sulfide) groups is 1. The number of nitrogens with zero attached hydrogens (tertiary/aromatic N) is 5. The molecule has 1 aliphatic rings. The van der Waals surface area contributed by atoms with Crippen molar-refractivity contribution in [3.63, 3.8) is 0 Å². The highest BCUT2D eigenvalue weighted by atomic mass is 35.5. The number of thiophene rings is 1. The molecule has 0 saturated carbocycles. The van der Waals surface area contributed by atoms with Crippen molar-refractivity contribution in [2.45, 2.75) is 43.3 Å². The highest BCUT2D eigenvalue weighted by molar-refractivity contribution is 7.98. The van der Waals surface area contributed by atoms with E-state index in [2.05, 4.69) is 31.3 Å². The molecule has 0 radical (unpaired) electrons. The summed E-state index contributed by atoms with van der Waals surface area (Å²) in [5.74, 6) is 1.57. The molecule has 0 aliphatic carbocycles. The maximum atomic E-state index is 6.72. The minimum Gasteiger partial charge on any atom is -0.376 e. The van der Waals surface area contributed by atoms with Crippen LogP contribution in [0.5, 0.6) is 0 Å². The Balaban J connectivity index is 1.41. The topological polar surface area (TPSA) is 57.8 Å². The van der Waals surface area contributed by atoms with Crippen LogP contribution in [0.15, 0.2) is 53.0 Å².